The van der Waals surface area contributed by atoms with E-state index in [1.54, 1.807) is 19.1 Å². The number of benzene rings is 3. The smallest absolute Gasteiger partial charge is 0.275 e. The number of carbonyl (C=O) groups is 1. The zero-order chi connectivity index (χ0) is 18.5. The Morgan fingerprint density at radius 3 is 2.38 bits per heavy atom. The van der Waals surface area contributed by atoms with Crippen LogP contribution in [0, 0.1) is 0 Å². The Labute approximate surface area is 151 Å². The number of fused-ring (bicyclic) bond motifs is 1. The Balaban J connectivity index is 1.77. The minimum atomic E-state index is -0.460. The first-order valence-electron chi connectivity index (χ1n) is 8.38. The fourth-order valence-electron chi connectivity index (χ4n) is 2.63. The van der Waals surface area contributed by atoms with Crippen LogP contribution in [-0.2, 0) is 0 Å². The maximum absolute atomic E-state index is 12.4. The highest BCUT2D eigenvalue weighted by atomic mass is 16.5. The highest BCUT2D eigenvalue weighted by Gasteiger charge is 2.12. The number of phenols is 1. The van der Waals surface area contributed by atoms with Gasteiger partial charge in [0.25, 0.3) is 5.91 Å². The summed E-state index contributed by atoms with van der Waals surface area (Å²) in [7, 11) is 0. The second-order valence-corrected chi connectivity index (χ2v) is 5.81. The van der Waals surface area contributed by atoms with Crippen molar-refractivity contribution in [3.05, 3.63) is 71.8 Å². The van der Waals surface area contributed by atoms with E-state index in [9.17, 15) is 9.90 Å². The number of amides is 1. The summed E-state index contributed by atoms with van der Waals surface area (Å²) in [5.74, 6) is 0.253. The number of rotatable bonds is 5. The molecule has 0 atom stereocenters. The molecule has 0 bridgehead atoms. The van der Waals surface area contributed by atoms with Crippen molar-refractivity contribution in [1.29, 1.82) is 0 Å². The molecule has 0 saturated heterocycles. The van der Waals surface area contributed by atoms with E-state index in [2.05, 4.69) is 10.5 Å². The van der Waals surface area contributed by atoms with Gasteiger partial charge in [0.15, 0.2) is 0 Å². The Kier molecular flexibility index (Phi) is 5.17. The van der Waals surface area contributed by atoms with E-state index in [4.69, 9.17) is 4.74 Å². The van der Waals surface area contributed by atoms with Crippen LogP contribution >= 0.6 is 0 Å². The Morgan fingerprint density at radius 1 is 1.08 bits per heavy atom. The molecule has 132 valence electrons. The van der Waals surface area contributed by atoms with Gasteiger partial charge in [-0.15, -0.1) is 0 Å². The van der Waals surface area contributed by atoms with E-state index in [1.165, 1.54) is 0 Å². The molecule has 5 nitrogen and oxygen atoms in total. The van der Waals surface area contributed by atoms with E-state index < -0.39 is 5.91 Å². The zero-order valence-electron chi connectivity index (χ0n) is 14.7. The van der Waals surface area contributed by atoms with E-state index in [0.29, 0.717) is 12.3 Å². The molecule has 0 unspecified atom stereocenters. The van der Waals surface area contributed by atoms with Gasteiger partial charge in [0, 0.05) is 0 Å². The average molecular weight is 348 g/mol. The van der Waals surface area contributed by atoms with Gasteiger partial charge in [-0.05, 0) is 66.6 Å². The largest absolute Gasteiger partial charge is 0.507 e. The number of nitrogens with one attached hydrogen (secondary N) is 1. The van der Waals surface area contributed by atoms with Gasteiger partial charge in [-0.2, -0.15) is 5.10 Å². The minimum absolute atomic E-state index is 0.0740. The number of nitrogens with zero attached hydrogens (tertiary/aromatic N) is 1. The summed E-state index contributed by atoms with van der Waals surface area (Å²) >= 11 is 0. The first kappa shape index (κ1) is 17.5. The van der Waals surface area contributed by atoms with Crippen LogP contribution in [0.2, 0.25) is 0 Å². The van der Waals surface area contributed by atoms with Gasteiger partial charge in [-0.3, -0.25) is 4.79 Å². The lowest BCUT2D eigenvalue weighted by molar-refractivity contribution is 0.0952. The van der Waals surface area contributed by atoms with Crippen molar-refractivity contribution >= 4 is 22.4 Å². The molecule has 26 heavy (non-hydrogen) atoms. The molecular weight excluding hydrogens is 328 g/mol. The Morgan fingerprint density at radius 2 is 1.73 bits per heavy atom. The number of phenolic OH excluding ortho intramolecular Hbond substituents is 1. The van der Waals surface area contributed by atoms with Crippen molar-refractivity contribution < 1.29 is 14.6 Å². The molecule has 1 amide bonds. The van der Waals surface area contributed by atoms with Crippen molar-refractivity contribution in [1.82, 2.24) is 5.43 Å². The van der Waals surface area contributed by atoms with Crippen molar-refractivity contribution in [3.63, 3.8) is 0 Å². The molecule has 5 heteroatoms. The summed E-state index contributed by atoms with van der Waals surface area (Å²) in [5.41, 5.74) is 4.21. The standard InChI is InChI=1S/C21H20N2O3/c1-3-26-18-10-8-15(9-11-18)14(2)22-23-21(25)19-12-16-6-4-5-7-17(16)13-20(19)24/h4-13,24H,3H2,1-2H3,(H,23,25)/b22-14-. The molecule has 3 rings (SSSR count). The molecule has 0 fully saturated rings. The predicted octanol–water partition coefficient (Wildman–Crippen LogP) is 4.10. The molecule has 0 spiro atoms. The van der Waals surface area contributed by atoms with E-state index >= 15 is 0 Å². The second kappa shape index (κ2) is 7.70. The lowest BCUT2D eigenvalue weighted by Gasteiger charge is -2.07. The van der Waals surface area contributed by atoms with Gasteiger partial charge in [0.1, 0.15) is 11.5 Å². The van der Waals surface area contributed by atoms with Gasteiger partial charge >= 0.3 is 0 Å². The molecular formula is C21H20N2O3. The van der Waals surface area contributed by atoms with Crippen molar-refractivity contribution in [2.75, 3.05) is 6.61 Å². The summed E-state index contributed by atoms with van der Waals surface area (Å²) in [6.07, 6.45) is 0. The molecule has 0 radical (unpaired) electrons. The van der Waals surface area contributed by atoms with Crippen molar-refractivity contribution in [2.45, 2.75) is 13.8 Å². The van der Waals surface area contributed by atoms with Crippen LogP contribution in [0.4, 0.5) is 0 Å². The van der Waals surface area contributed by atoms with Crippen molar-refractivity contribution in [3.8, 4) is 11.5 Å². The zero-order valence-corrected chi connectivity index (χ0v) is 14.7. The first-order valence-corrected chi connectivity index (χ1v) is 8.38. The van der Waals surface area contributed by atoms with Crippen LogP contribution in [0.25, 0.3) is 10.8 Å². The van der Waals surface area contributed by atoms with Crippen LogP contribution in [0.1, 0.15) is 29.8 Å². The molecule has 2 N–H and O–H groups in total. The van der Waals surface area contributed by atoms with Gasteiger partial charge < -0.3 is 9.84 Å². The first-order chi connectivity index (χ1) is 12.6. The molecule has 0 aliphatic heterocycles. The third-order valence-electron chi connectivity index (χ3n) is 4.02. The van der Waals surface area contributed by atoms with Crippen LogP contribution in [0.15, 0.2) is 65.8 Å². The number of hydrogen-bond donors (Lipinski definition) is 2. The van der Waals surface area contributed by atoms with E-state index in [0.717, 1.165) is 22.1 Å². The molecule has 0 aliphatic rings. The van der Waals surface area contributed by atoms with E-state index in [1.807, 2.05) is 55.5 Å². The minimum Gasteiger partial charge on any atom is -0.507 e. The Bertz CT molecular complexity index is 963. The van der Waals surface area contributed by atoms with Crippen LogP contribution in [-0.4, -0.2) is 23.3 Å². The molecule has 3 aromatic rings. The summed E-state index contributed by atoms with van der Waals surface area (Å²) in [5, 5.41) is 16.0. The maximum Gasteiger partial charge on any atom is 0.275 e. The summed E-state index contributed by atoms with van der Waals surface area (Å²) in [4.78, 5) is 12.4. The Hall–Kier alpha value is -3.34. The highest BCUT2D eigenvalue weighted by Crippen LogP contribution is 2.24. The summed E-state index contributed by atoms with van der Waals surface area (Å²) in [6, 6.07) is 18.2. The molecule has 0 aromatic heterocycles. The number of hydrazone groups is 1. The van der Waals surface area contributed by atoms with Crippen molar-refractivity contribution in [2.24, 2.45) is 5.10 Å². The fraction of sp³-hybridized carbons (Fsp3) is 0.143. The number of hydrogen-bond acceptors (Lipinski definition) is 4. The molecule has 3 aromatic carbocycles. The lowest BCUT2D eigenvalue weighted by atomic mass is 10.1. The summed E-state index contributed by atoms with van der Waals surface area (Å²) in [6.45, 7) is 4.34. The number of aromatic hydroxyl groups is 1. The topological polar surface area (TPSA) is 70.9 Å². The highest BCUT2D eigenvalue weighted by molar-refractivity contribution is 6.03. The van der Waals surface area contributed by atoms with Gasteiger partial charge in [-0.1, -0.05) is 24.3 Å². The lowest BCUT2D eigenvalue weighted by Crippen LogP contribution is -2.19. The predicted molar refractivity (Wildman–Crippen MR) is 103 cm³/mol. The van der Waals surface area contributed by atoms with Gasteiger partial charge in [0.2, 0.25) is 0 Å². The summed E-state index contributed by atoms with van der Waals surface area (Å²) < 4.78 is 5.41. The second-order valence-electron chi connectivity index (χ2n) is 5.81. The van der Waals surface area contributed by atoms with Crippen LogP contribution in [0.3, 0.4) is 0 Å². The van der Waals surface area contributed by atoms with E-state index in [-0.39, 0.29) is 11.3 Å². The van der Waals surface area contributed by atoms with Gasteiger partial charge in [0.05, 0.1) is 17.9 Å². The molecule has 0 saturated carbocycles. The average Bonchev–Trinajstić information content (AvgIpc) is 2.66. The van der Waals surface area contributed by atoms with Gasteiger partial charge in [-0.25, -0.2) is 5.43 Å². The number of ether oxygens (including phenoxy) is 1. The third-order valence-corrected chi connectivity index (χ3v) is 4.02. The maximum atomic E-state index is 12.4. The quantitative estimate of drug-likeness (QED) is 0.539. The number of carbonyl (C=O) groups excluding carboxylic acids is 1. The fourth-order valence-corrected chi connectivity index (χ4v) is 2.63. The normalized spacial score (nSPS) is 11.4. The SMILES string of the molecule is CCOc1ccc(/C(C)=N\NC(=O)c2cc3ccccc3cc2O)cc1. The molecule has 0 heterocycles. The van der Waals surface area contributed by atoms with Crippen LogP contribution in [0.5, 0.6) is 11.5 Å². The van der Waals surface area contributed by atoms with Crippen LogP contribution < -0.4 is 10.2 Å². The molecule has 0 aliphatic carbocycles. The third kappa shape index (κ3) is 3.83. The monoisotopic (exact) mass is 348 g/mol.